The Morgan fingerprint density at radius 3 is 2.45 bits per heavy atom. The number of para-hydroxylation sites is 1. The third-order valence-electron chi connectivity index (χ3n) is 4.80. The number of amides is 1. The average Bonchev–Trinajstić information content (AvgIpc) is 3.22. The minimum atomic E-state index is -0.0197. The third-order valence-corrected chi connectivity index (χ3v) is 5.05. The first-order chi connectivity index (χ1) is 14.2. The van der Waals surface area contributed by atoms with Crippen LogP contribution in [0.5, 0.6) is 5.75 Å². The number of ether oxygens (including phenoxy) is 1. The van der Waals surface area contributed by atoms with Crippen LogP contribution in [0.4, 0.5) is 0 Å². The maximum Gasteiger partial charge on any atom is 0.260 e. The molecule has 4 rings (SSSR count). The van der Waals surface area contributed by atoms with Gasteiger partial charge in [-0.1, -0.05) is 29.8 Å². The first kappa shape index (κ1) is 19.4. The summed E-state index contributed by atoms with van der Waals surface area (Å²) in [6.07, 6.45) is 0. The van der Waals surface area contributed by atoms with Crippen LogP contribution in [0, 0.1) is 0 Å². The van der Waals surface area contributed by atoms with Crippen LogP contribution in [0.15, 0.2) is 54.6 Å². The van der Waals surface area contributed by atoms with Crippen molar-refractivity contribution in [2.45, 2.75) is 6.54 Å². The summed E-state index contributed by atoms with van der Waals surface area (Å²) in [4.78, 5) is 16.5. The van der Waals surface area contributed by atoms with E-state index in [1.165, 1.54) is 0 Å². The summed E-state index contributed by atoms with van der Waals surface area (Å²) >= 11 is 5.86. The summed E-state index contributed by atoms with van der Waals surface area (Å²) in [5.41, 5.74) is 0.931. The average molecular weight is 413 g/mol. The minimum Gasteiger partial charge on any atom is -0.484 e. The molecule has 9 heteroatoms. The van der Waals surface area contributed by atoms with Gasteiger partial charge >= 0.3 is 0 Å². The van der Waals surface area contributed by atoms with Crippen molar-refractivity contribution in [2.75, 3.05) is 32.8 Å². The van der Waals surface area contributed by atoms with E-state index in [4.69, 9.17) is 16.3 Å². The molecule has 1 fully saturated rings. The summed E-state index contributed by atoms with van der Waals surface area (Å²) in [5, 5.41) is 12.7. The Balaban J connectivity index is 1.27. The van der Waals surface area contributed by atoms with E-state index in [1.807, 2.05) is 35.2 Å². The number of halogens is 1. The van der Waals surface area contributed by atoms with Gasteiger partial charge in [-0.05, 0) is 46.8 Å². The van der Waals surface area contributed by atoms with Gasteiger partial charge in [-0.25, -0.2) is 0 Å². The lowest BCUT2D eigenvalue weighted by molar-refractivity contribution is -0.135. The second kappa shape index (κ2) is 9.02. The van der Waals surface area contributed by atoms with Crippen molar-refractivity contribution in [1.29, 1.82) is 0 Å². The topological polar surface area (TPSA) is 76.4 Å². The zero-order valence-electron chi connectivity index (χ0n) is 15.8. The maximum atomic E-state index is 12.4. The Hall–Kier alpha value is -2.97. The van der Waals surface area contributed by atoms with Crippen molar-refractivity contribution < 1.29 is 9.53 Å². The highest BCUT2D eigenvalue weighted by Gasteiger charge is 2.23. The van der Waals surface area contributed by atoms with Crippen molar-refractivity contribution in [3.05, 3.63) is 65.4 Å². The van der Waals surface area contributed by atoms with Crippen LogP contribution in [0.1, 0.15) is 5.82 Å². The van der Waals surface area contributed by atoms with E-state index in [0.717, 1.165) is 24.6 Å². The molecule has 0 saturated carbocycles. The number of rotatable bonds is 6. The SMILES string of the molecule is O=C(COc1ccc(Cl)cc1)N1CCN(Cc2nnnn2-c2ccccc2)CC1. The van der Waals surface area contributed by atoms with Crippen molar-refractivity contribution in [3.8, 4) is 11.4 Å². The molecule has 1 aliphatic rings. The molecular formula is C20H21ClN6O2. The number of benzene rings is 2. The van der Waals surface area contributed by atoms with Crippen LogP contribution in [0.3, 0.4) is 0 Å². The zero-order valence-corrected chi connectivity index (χ0v) is 16.6. The first-order valence-electron chi connectivity index (χ1n) is 9.40. The highest BCUT2D eigenvalue weighted by Crippen LogP contribution is 2.16. The molecule has 0 unspecified atom stereocenters. The number of piperazine rings is 1. The largest absolute Gasteiger partial charge is 0.484 e. The fraction of sp³-hybridized carbons (Fsp3) is 0.300. The molecule has 2 aromatic carbocycles. The van der Waals surface area contributed by atoms with Crippen LogP contribution in [0.25, 0.3) is 5.69 Å². The van der Waals surface area contributed by atoms with E-state index >= 15 is 0 Å². The third kappa shape index (κ3) is 4.90. The molecular weight excluding hydrogens is 392 g/mol. The van der Waals surface area contributed by atoms with Crippen LogP contribution in [-0.4, -0.2) is 68.7 Å². The minimum absolute atomic E-state index is 0.0197. The van der Waals surface area contributed by atoms with E-state index in [0.29, 0.717) is 30.4 Å². The van der Waals surface area contributed by atoms with Crippen molar-refractivity contribution in [2.24, 2.45) is 0 Å². The predicted octanol–water partition coefficient (Wildman–Crippen LogP) is 2.04. The molecule has 3 aromatic rings. The van der Waals surface area contributed by atoms with Crippen LogP contribution >= 0.6 is 11.6 Å². The maximum absolute atomic E-state index is 12.4. The molecule has 1 saturated heterocycles. The molecule has 0 atom stereocenters. The molecule has 0 radical (unpaired) electrons. The number of nitrogens with zero attached hydrogens (tertiary/aromatic N) is 6. The van der Waals surface area contributed by atoms with Gasteiger partial charge in [-0.2, -0.15) is 4.68 Å². The van der Waals surface area contributed by atoms with Gasteiger partial charge in [0.25, 0.3) is 5.91 Å². The molecule has 1 aliphatic heterocycles. The Morgan fingerprint density at radius 1 is 1.00 bits per heavy atom. The standard InChI is InChI=1S/C20H21ClN6O2/c21-16-6-8-18(9-7-16)29-15-20(28)26-12-10-25(11-13-26)14-19-22-23-24-27(19)17-4-2-1-3-5-17/h1-9H,10-15H2. The molecule has 1 amide bonds. The fourth-order valence-corrected chi connectivity index (χ4v) is 3.32. The zero-order chi connectivity index (χ0) is 20.1. The molecule has 29 heavy (non-hydrogen) atoms. The highest BCUT2D eigenvalue weighted by molar-refractivity contribution is 6.30. The number of tetrazole rings is 1. The van der Waals surface area contributed by atoms with Crippen molar-refractivity contribution >= 4 is 17.5 Å². The van der Waals surface area contributed by atoms with Gasteiger partial charge in [0.2, 0.25) is 0 Å². The Labute approximate surface area is 173 Å². The highest BCUT2D eigenvalue weighted by atomic mass is 35.5. The van der Waals surface area contributed by atoms with E-state index in [9.17, 15) is 4.79 Å². The number of hydrogen-bond acceptors (Lipinski definition) is 6. The molecule has 0 aliphatic carbocycles. The van der Waals surface area contributed by atoms with Gasteiger partial charge in [0, 0.05) is 31.2 Å². The van der Waals surface area contributed by atoms with Crippen LogP contribution in [0.2, 0.25) is 5.02 Å². The number of aromatic nitrogens is 4. The Bertz CT molecular complexity index is 939. The molecule has 2 heterocycles. The van der Waals surface area contributed by atoms with Crippen molar-refractivity contribution in [1.82, 2.24) is 30.0 Å². The summed E-state index contributed by atoms with van der Waals surface area (Å²) in [7, 11) is 0. The molecule has 150 valence electrons. The summed E-state index contributed by atoms with van der Waals surface area (Å²) in [5.74, 6) is 1.39. The molecule has 1 aromatic heterocycles. The number of hydrogen-bond donors (Lipinski definition) is 0. The number of carbonyl (C=O) groups excluding carboxylic acids is 1. The molecule has 8 nitrogen and oxygen atoms in total. The van der Waals surface area contributed by atoms with E-state index in [2.05, 4.69) is 20.4 Å². The smallest absolute Gasteiger partial charge is 0.260 e. The quantitative estimate of drug-likeness (QED) is 0.616. The lowest BCUT2D eigenvalue weighted by atomic mass is 10.3. The first-order valence-corrected chi connectivity index (χ1v) is 9.78. The number of carbonyl (C=O) groups is 1. The summed E-state index contributed by atoms with van der Waals surface area (Å²) in [6.45, 7) is 3.47. The van der Waals surface area contributed by atoms with Gasteiger partial charge in [-0.3, -0.25) is 9.69 Å². The van der Waals surface area contributed by atoms with Crippen molar-refractivity contribution in [3.63, 3.8) is 0 Å². The van der Waals surface area contributed by atoms with E-state index in [-0.39, 0.29) is 12.5 Å². The summed E-state index contributed by atoms with van der Waals surface area (Å²) < 4.78 is 7.31. The van der Waals surface area contributed by atoms with Gasteiger partial charge in [0.15, 0.2) is 12.4 Å². The van der Waals surface area contributed by atoms with Crippen LogP contribution in [-0.2, 0) is 11.3 Å². The van der Waals surface area contributed by atoms with Gasteiger partial charge in [0.1, 0.15) is 5.75 Å². The lowest BCUT2D eigenvalue weighted by Gasteiger charge is -2.34. The van der Waals surface area contributed by atoms with Gasteiger partial charge in [-0.15, -0.1) is 5.10 Å². The second-order valence-electron chi connectivity index (χ2n) is 6.74. The van der Waals surface area contributed by atoms with Crippen LogP contribution < -0.4 is 4.74 Å². The normalized spacial score (nSPS) is 14.7. The van der Waals surface area contributed by atoms with E-state index < -0.39 is 0 Å². The lowest BCUT2D eigenvalue weighted by Crippen LogP contribution is -2.49. The van der Waals surface area contributed by atoms with E-state index in [1.54, 1.807) is 28.9 Å². The molecule has 0 spiro atoms. The summed E-state index contributed by atoms with van der Waals surface area (Å²) in [6, 6.07) is 16.8. The second-order valence-corrected chi connectivity index (χ2v) is 7.18. The van der Waals surface area contributed by atoms with Gasteiger partial charge < -0.3 is 9.64 Å². The Kier molecular flexibility index (Phi) is 6.02. The Morgan fingerprint density at radius 2 is 1.72 bits per heavy atom. The fourth-order valence-electron chi connectivity index (χ4n) is 3.20. The molecule has 0 N–H and O–H groups in total. The predicted molar refractivity (Wildman–Crippen MR) is 108 cm³/mol. The molecule has 0 bridgehead atoms. The van der Waals surface area contributed by atoms with Gasteiger partial charge in [0.05, 0.1) is 12.2 Å². The monoisotopic (exact) mass is 412 g/mol.